The van der Waals surface area contributed by atoms with Crippen molar-refractivity contribution in [2.45, 2.75) is 6.92 Å². The monoisotopic (exact) mass is 372 g/mol. The molecule has 3 aromatic rings. The van der Waals surface area contributed by atoms with Crippen LogP contribution in [-0.2, 0) is 4.79 Å². The Labute approximate surface area is 161 Å². The van der Waals surface area contributed by atoms with Crippen LogP contribution in [0.1, 0.15) is 23.0 Å². The lowest BCUT2D eigenvalue weighted by molar-refractivity contribution is -0.114. The van der Waals surface area contributed by atoms with E-state index < -0.39 is 5.97 Å². The minimum atomic E-state index is -0.978. The van der Waals surface area contributed by atoms with Crippen molar-refractivity contribution >= 4 is 29.4 Å². The highest BCUT2D eigenvalue weighted by Crippen LogP contribution is 2.27. The summed E-state index contributed by atoms with van der Waals surface area (Å²) in [4.78, 5) is 23.7. The first-order chi connectivity index (χ1) is 13.5. The van der Waals surface area contributed by atoms with Crippen LogP contribution < -0.4 is 5.01 Å². The number of rotatable bonds is 4. The Bertz CT molecular complexity index is 1110. The zero-order chi connectivity index (χ0) is 19.7. The van der Waals surface area contributed by atoms with Gasteiger partial charge in [0.2, 0.25) is 0 Å². The van der Waals surface area contributed by atoms with E-state index in [1.54, 1.807) is 37.3 Å². The fraction of sp³-hybridized carbons (Fsp3) is 0.0455. The van der Waals surface area contributed by atoms with Crippen molar-refractivity contribution in [3.63, 3.8) is 0 Å². The average molecular weight is 372 g/mol. The van der Waals surface area contributed by atoms with Crippen LogP contribution in [0.4, 0.5) is 5.69 Å². The third kappa shape index (κ3) is 3.23. The van der Waals surface area contributed by atoms with Crippen molar-refractivity contribution < 1.29 is 19.1 Å². The van der Waals surface area contributed by atoms with Gasteiger partial charge in [0, 0.05) is 5.56 Å². The van der Waals surface area contributed by atoms with Gasteiger partial charge >= 0.3 is 5.97 Å². The second-order valence-electron chi connectivity index (χ2n) is 6.28. The second kappa shape index (κ2) is 7.00. The number of hydrogen-bond donors (Lipinski definition) is 1. The Hall–Kier alpha value is -3.93. The highest BCUT2D eigenvalue weighted by molar-refractivity contribution is 6.32. The summed E-state index contributed by atoms with van der Waals surface area (Å²) in [6.45, 7) is 1.78. The average Bonchev–Trinajstić information content (AvgIpc) is 3.29. The first-order valence-electron chi connectivity index (χ1n) is 8.63. The topological polar surface area (TPSA) is 83.1 Å². The van der Waals surface area contributed by atoms with Gasteiger partial charge in [0.15, 0.2) is 0 Å². The molecule has 2 aromatic carbocycles. The van der Waals surface area contributed by atoms with E-state index in [2.05, 4.69) is 5.10 Å². The number of carbonyl (C=O) groups excluding carboxylic acids is 1. The first kappa shape index (κ1) is 17.5. The molecular weight excluding hydrogens is 356 g/mol. The van der Waals surface area contributed by atoms with Crippen molar-refractivity contribution in [2.75, 3.05) is 5.01 Å². The van der Waals surface area contributed by atoms with Crippen LogP contribution in [0.25, 0.3) is 17.4 Å². The molecule has 0 spiro atoms. The van der Waals surface area contributed by atoms with Gasteiger partial charge < -0.3 is 9.52 Å². The minimum absolute atomic E-state index is 0.210. The van der Waals surface area contributed by atoms with Gasteiger partial charge in [-0.2, -0.15) is 10.1 Å². The van der Waals surface area contributed by atoms with E-state index in [-0.39, 0.29) is 11.5 Å². The largest absolute Gasteiger partial charge is 0.478 e. The van der Waals surface area contributed by atoms with Crippen LogP contribution in [0.5, 0.6) is 0 Å². The molecule has 0 fully saturated rings. The Morgan fingerprint density at radius 3 is 2.43 bits per heavy atom. The summed E-state index contributed by atoms with van der Waals surface area (Å²) in [5.74, 6) is -0.0878. The molecule has 0 atom stereocenters. The zero-order valence-corrected chi connectivity index (χ0v) is 15.0. The molecule has 0 unspecified atom stereocenters. The minimum Gasteiger partial charge on any atom is -0.478 e. The number of aromatic carboxylic acids is 1. The molecule has 28 heavy (non-hydrogen) atoms. The molecule has 0 saturated heterocycles. The van der Waals surface area contributed by atoms with Crippen LogP contribution in [-0.4, -0.2) is 22.7 Å². The molecule has 6 nitrogen and oxygen atoms in total. The quantitative estimate of drug-likeness (QED) is 0.686. The van der Waals surface area contributed by atoms with E-state index in [0.29, 0.717) is 28.5 Å². The van der Waals surface area contributed by atoms with Crippen molar-refractivity contribution in [1.29, 1.82) is 0 Å². The van der Waals surface area contributed by atoms with E-state index in [4.69, 9.17) is 9.52 Å². The van der Waals surface area contributed by atoms with Gasteiger partial charge in [-0.05, 0) is 49.4 Å². The Morgan fingerprint density at radius 2 is 1.75 bits per heavy atom. The van der Waals surface area contributed by atoms with E-state index in [0.717, 1.165) is 5.56 Å². The summed E-state index contributed by atoms with van der Waals surface area (Å²) >= 11 is 0. The predicted molar refractivity (Wildman–Crippen MR) is 106 cm³/mol. The van der Waals surface area contributed by atoms with Gasteiger partial charge in [-0.3, -0.25) is 4.79 Å². The predicted octanol–water partition coefficient (Wildman–Crippen LogP) is 4.45. The summed E-state index contributed by atoms with van der Waals surface area (Å²) in [5.41, 5.74) is 2.74. The lowest BCUT2D eigenvalue weighted by Gasteiger charge is -2.10. The number of hydrazone groups is 1. The third-order valence-corrected chi connectivity index (χ3v) is 4.39. The Morgan fingerprint density at radius 1 is 1.04 bits per heavy atom. The standard InChI is InChI=1S/C22H16N2O4/c1-14-19(21(25)24(23-14)17-5-3-2-4-6-17)13-18-11-12-20(28-18)15-7-9-16(10-8-15)22(26)27/h2-13H,1H3,(H,26,27)/b19-13-. The number of amides is 1. The Balaban J connectivity index is 1.59. The third-order valence-electron chi connectivity index (χ3n) is 4.39. The number of furan rings is 1. The molecule has 1 aromatic heterocycles. The molecule has 1 N–H and O–H groups in total. The molecule has 0 aliphatic carbocycles. The lowest BCUT2D eigenvalue weighted by atomic mass is 10.1. The zero-order valence-electron chi connectivity index (χ0n) is 15.0. The number of carboxylic acids is 1. The number of hydrogen-bond acceptors (Lipinski definition) is 4. The van der Waals surface area contributed by atoms with Gasteiger partial charge in [-0.1, -0.05) is 30.3 Å². The molecule has 1 aliphatic rings. The number of carboxylic acid groups (broad SMARTS) is 1. The fourth-order valence-corrected chi connectivity index (χ4v) is 2.93. The molecular formula is C22H16N2O4. The highest BCUT2D eigenvalue weighted by Gasteiger charge is 2.28. The SMILES string of the molecule is CC1=NN(c2ccccc2)C(=O)/C1=C\c1ccc(-c2ccc(C(=O)O)cc2)o1. The summed E-state index contributed by atoms with van der Waals surface area (Å²) in [6.07, 6.45) is 1.67. The molecule has 0 radical (unpaired) electrons. The van der Waals surface area contributed by atoms with E-state index >= 15 is 0 Å². The van der Waals surface area contributed by atoms with Gasteiger partial charge in [0.1, 0.15) is 11.5 Å². The number of carbonyl (C=O) groups is 2. The van der Waals surface area contributed by atoms with Gasteiger partial charge in [-0.15, -0.1) is 0 Å². The van der Waals surface area contributed by atoms with Crippen molar-refractivity contribution in [3.8, 4) is 11.3 Å². The van der Waals surface area contributed by atoms with Crippen LogP contribution in [0.2, 0.25) is 0 Å². The molecule has 4 rings (SSSR count). The van der Waals surface area contributed by atoms with Crippen molar-refractivity contribution in [3.05, 3.63) is 83.6 Å². The number of nitrogens with zero attached hydrogens (tertiary/aromatic N) is 2. The fourth-order valence-electron chi connectivity index (χ4n) is 2.93. The number of anilines is 1. The molecule has 138 valence electrons. The maximum atomic E-state index is 12.7. The lowest BCUT2D eigenvalue weighted by Crippen LogP contribution is -2.21. The van der Waals surface area contributed by atoms with Crippen LogP contribution in [0.15, 0.2) is 81.8 Å². The van der Waals surface area contributed by atoms with Gasteiger partial charge in [0.25, 0.3) is 5.91 Å². The number of para-hydroxylation sites is 1. The van der Waals surface area contributed by atoms with Gasteiger partial charge in [-0.25, -0.2) is 4.79 Å². The summed E-state index contributed by atoms with van der Waals surface area (Å²) in [6, 6.07) is 19.2. The molecule has 2 heterocycles. The van der Waals surface area contributed by atoms with E-state index in [1.165, 1.54) is 17.1 Å². The van der Waals surface area contributed by atoms with Gasteiger partial charge in [0.05, 0.1) is 22.5 Å². The van der Waals surface area contributed by atoms with Crippen LogP contribution in [0.3, 0.4) is 0 Å². The molecule has 1 amide bonds. The van der Waals surface area contributed by atoms with Crippen LogP contribution >= 0.6 is 0 Å². The normalized spacial score (nSPS) is 15.2. The Kier molecular flexibility index (Phi) is 4.37. The van der Waals surface area contributed by atoms with Crippen molar-refractivity contribution in [1.82, 2.24) is 0 Å². The number of benzene rings is 2. The molecule has 0 bridgehead atoms. The smallest absolute Gasteiger partial charge is 0.335 e. The van der Waals surface area contributed by atoms with E-state index in [1.807, 2.05) is 30.3 Å². The van der Waals surface area contributed by atoms with Crippen molar-refractivity contribution in [2.24, 2.45) is 5.10 Å². The molecule has 0 saturated carbocycles. The highest BCUT2D eigenvalue weighted by atomic mass is 16.4. The maximum Gasteiger partial charge on any atom is 0.335 e. The summed E-state index contributed by atoms with van der Waals surface area (Å²) in [5, 5.41) is 14.7. The summed E-state index contributed by atoms with van der Waals surface area (Å²) in [7, 11) is 0. The second-order valence-corrected chi connectivity index (χ2v) is 6.28. The molecule has 6 heteroatoms. The summed E-state index contributed by atoms with van der Waals surface area (Å²) < 4.78 is 5.82. The molecule has 1 aliphatic heterocycles. The van der Waals surface area contributed by atoms with E-state index in [9.17, 15) is 9.59 Å². The maximum absolute atomic E-state index is 12.7. The first-order valence-corrected chi connectivity index (χ1v) is 8.63. The van der Waals surface area contributed by atoms with Crippen LogP contribution in [0, 0.1) is 0 Å².